The van der Waals surface area contributed by atoms with Gasteiger partial charge in [-0.3, -0.25) is 14.3 Å². The van der Waals surface area contributed by atoms with E-state index in [1.54, 1.807) is 12.3 Å². The number of fused-ring (bicyclic) bond motifs is 1. The van der Waals surface area contributed by atoms with E-state index in [0.717, 1.165) is 37.3 Å². The molecule has 9 heteroatoms. The summed E-state index contributed by atoms with van der Waals surface area (Å²) in [6.07, 6.45) is 4.70. The molecule has 0 saturated carbocycles. The number of aromatic nitrogens is 5. The van der Waals surface area contributed by atoms with Gasteiger partial charge in [-0.15, -0.1) is 0 Å². The predicted octanol–water partition coefficient (Wildman–Crippen LogP) is 2.89. The van der Waals surface area contributed by atoms with Crippen molar-refractivity contribution in [3.05, 3.63) is 82.8 Å². The molecule has 1 aliphatic rings. The summed E-state index contributed by atoms with van der Waals surface area (Å²) in [5.74, 6) is 0.718. The smallest absolute Gasteiger partial charge is 0.327 e. The number of aromatic amines is 1. The second kappa shape index (κ2) is 9.46. The van der Waals surface area contributed by atoms with Crippen LogP contribution in [0.25, 0.3) is 11.2 Å². The van der Waals surface area contributed by atoms with Crippen molar-refractivity contribution in [3.63, 3.8) is 0 Å². The second-order valence-electron chi connectivity index (χ2n) is 8.67. The molecule has 0 bridgehead atoms. The van der Waals surface area contributed by atoms with E-state index >= 15 is 0 Å². The molecule has 174 valence electrons. The highest BCUT2D eigenvalue weighted by Gasteiger charge is 2.25. The standard InChI is InChI=1S/C25H27N7O2/c1-17(18-6-3-2-4-7-18)15-27-24(33)20-14-22(29-16-28-20)31-12-9-19(10-13-31)32-21-8-5-11-26-23(21)30-25(32)34/h2-8,11,14,16-17,19H,9-10,12-13,15H2,1H3,(H,27,33)(H,26,30,34). The molecule has 0 aliphatic carbocycles. The highest BCUT2D eigenvalue weighted by Crippen LogP contribution is 2.26. The number of piperidine rings is 1. The number of carbonyl (C=O) groups is 1. The zero-order valence-corrected chi connectivity index (χ0v) is 19.0. The van der Waals surface area contributed by atoms with Gasteiger partial charge in [-0.25, -0.2) is 19.7 Å². The quantitative estimate of drug-likeness (QED) is 0.461. The first-order valence-corrected chi connectivity index (χ1v) is 11.6. The maximum atomic E-state index is 12.7. The van der Waals surface area contributed by atoms with Gasteiger partial charge < -0.3 is 10.2 Å². The zero-order chi connectivity index (χ0) is 23.5. The number of hydrogen-bond donors (Lipinski definition) is 2. The summed E-state index contributed by atoms with van der Waals surface area (Å²) in [4.78, 5) is 43.0. The third-order valence-electron chi connectivity index (χ3n) is 6.47. The van der Waals surface area contributed by atoms with E-state index in [4.69, 9.17) is 0 Å². The fraction of sp³-hybridized carbons (Fsp3) is 0.320. The fourth-order valence-electron chi connectivity index (χ4n) is 4.55. The number of amides is 1. The van der Waals surface area contributed by atoms with Crippen LogP contribution in [0.15, 0.2) is 65.8 Å². The fourth-order valence-corrected chi connectivity index (χ4v) is 4.55. The summed E-state index contributed by atoms with van der Waals surface area (Å²) in [6, 6.07) is 15.7. The number of nitrogens with zero attached hydrogens (tertiary/aromatic N) is 5. The average molecular weight is 458 g/mol. The van der Waals surface area contributed by atoms with Crippen LogP contribution in [0.4, 0.5) is 5.82 Å². The molecule has 1 aliphatic heterocycles. The Labute approximate surface area is 196 Å². The van der Waals surface area contributed by atoms with Gasteiger partial charge in [0, 0.05) is 37.9 Å². The van der Waals surface area contributed by atoms with Crippen molar-refractivity contribution in [1.29, 1.82) is 0 Å². The van der Waals surface area contributed by atoms with Crippen molar-refractivity contribution in [2.24, 2.45) is 0 Å². The molecule has 0 radical (unpaired) electrons. The van der Waals surface area contributed by atoms with Crippen LogP contribution in [0, 0.1) is 0 Å². The van der Waals surface area contributed by atoms with Gasteiger partial charge in [0.1, 0.15) is 17.8 Å². The number of carbonyl (C=O) groups excluding carboxylic acids is 1. The van der Waals surface area contributed by atoms with Crippen molar-refractivity contribution >= 4 is 22.9 Å². The van der Waals surface area contributed by atoms with Crippen molar-refractivity contribution in [1.82, 2.24) is 29.8 Å². The zero-order valence-electron chi connectivity index (χ0n) is 19.0. The van der Waals surface area contributed by atoms with Crippen LogP contribution < -0.4 is 15.9 Å². The third kappa shape index (κ3) is 4.41. The Kier molecular flexibility index (Phi) is 6.07. The summed E-state index contributed by atoms with van der Waals surface area (Å²) in [6.45, 7) is 4.07. The summed E-state index contributed by atoms with van der Waals surface area (Å²) in [7, 11) is 0. The van der Waals surface area contributed by atoms with Crippen molar-refractivity contribution in [2.75, 3.05) is 24.5 Å². The van der Waals surface area contributed by atoms with Gasteiger partial charge in [0.05, 0.1) is 5.52 Å². The Hall–Kier alpha value is -4.01. The van der Waals surface area contributed by atoms with E-state index < -0.39 is 0 Å². The molecular weight excluding hydrogens is 430 g/mol. The largest absolute Gasteiger partial charge is 0.356 e. The predicted molar refractivity (Wildman–Crippen MR) is 130 cm³/mol. The van der Waals surface area contributed by atoms with E-state index in [9.17, 15) is 9.59 Å². The Morgan fingerprint density at radius 3 is 2.71 bits per heavy atom. The first-order valence-electron chi connectivity index (χ1n) is 11.6. The number of nitrogens with one attached hydrogen (secondary N) is 2. The van der Waals surface area contributed by atoms with Gasteiger partial charge in [0.25, 0.3) is 5.91 Å². The molecule has 1 aromatic carbocycles. The number of H-pyrrole nitrogens is 1. The van der Waals surface area contributed by atoms with Crippen LogP contribution in [0.2, 0.25) is 0 Å². The Morgan fingerprint density at radius 2 is 1.91 bits per heavy atom. The second-order valence-corrected chi connectivity index (χ2v) is 8.67. The van der Waals surface area contributed by atoms with Crippen molar-refractivity contribution in [2.45, 2.75) is 31.7 Å². The van der Waals surface area contributed by atoms with Crippen LogP contribution in [-0.4, -0.2) is 50.0 Å². The third-order valence-corrected chi connectivity index (χ3v) is 6.47. The monoisotopic (exact) mass is 457 g/mol. The molecule has 1 saturated heterocycles. The van der Waals surface area contributed by atoms with E-state index in [2.05, 4.69) is 49.2 Å². The Bertz CT molecular complexity index is 1340. The van der Waals surface area contributed by atoms with Crippen molar-refractivity contribution < 1.29 is 4.79 Å². The van der Waals surface area contributed by atoms with Gasteiger partial charge in [-0.2, -0.15) is 0 Å². The van der Waals surface area contributed by atoms with Gasteiger partial charge in [0.2, 0.25) is 0 Å². The molecule has 4 aromatic rings. The SMILES string of the molecule is CC(CNC(=O)c1cc(N2CCC(n3c(=O)[nH]c4ncccc43)CC2)ncn1)c1ccccc1. The Morgan fingerprint density at radius 1 is 1.12 bits per heavy atom. The number of rotatable bonds is 6. The first-order chi connectivity index (χ1) is 16.6. The molecule has 0 spiro atoms. The van der Waals surface area contributed by atoms with E-state index in [0.29, 0.717) is 17.9 Å². The van der Waals surface area contributed by atoms with Gasteiger partial charge in [-0.05, 0) is 36.5 Å². The van der Waals surface area contributed by atoms with E-state index in [1.165, 1.54) is 11.9 Å². The Balaban J connectivity index is 1.22. The van der Waals surface area contributed by atoms with Gasteiger partial charge in [0.15, 0.2) is 5.65 Å². The molecule has 1 unspecified atom stereocenters. The summed E-state index contributed by atoms with van der Waals surface area (Å²) >= 11 is 0. The minimum Gasteiger partial charge on any atom is -0.356 e. The lowest BCUT2D eigenvalue weighted by Gasteiger charge is -2.33. The van der Waals surface area contributed by atoms with E-state index in [1.807, 2.05) is 34.9 Å². The molecule has 5 rings (SSSR count). The highest BCUT2D eigenvalue weighted by atomic mass is 16.2. The van der Waals surface area contributed by atoms with Crippen LogP contribution in [-0.2, 0) is 0 Å². The molecule has 3 aromatic heterocycles. The van der Waals surface area contributed by atoms with Crippen LogP contribution in [0.1, 0.15) is 47.8 Å². The average Bonchev–Trinajstić information content (AvgIpc) is 3.23. The lowest BCUT2D eigenvalue weighted by Crippen LogP contribution is -2.37. The topological polar surface area (TPSA) is 109 Å². The summed E-state index contributed by atoms with van der Waals surface area (Å²) < 4.78 is 1.81. The molecule has 1 fully saturated rings. The minimum absolute atomic E-state index is 0.0887. The first kappa shape index (κ1) is 21.8. The summed E-state index contributed by atoms with van der Waals surface area (Å²) in [5, 5.41) is 2.98. The van der Waals surface area contributed by atoms with Gasteiger partial charge in [-0.1, -0.05) is 37.3 Å². The molecule has 9 nitrogen and oxygen atoms in total. The minimum atomic E-state index is -0.209. The number of imidazole rings is 1. The molecular formula is C25H27N7O2. The molecule has 1 atom stereocenters. The number of hydrogen-bond acceptors (Lipinski definition) is 6. The molecule has 2 N–H and O–H groups in total. The lowest BCUT2D eigenvalue weighted by molar-refractivity contribution is 0.0946. The number of pyridine rings is 1. The molecule has 1 amide bonds. The maximum absolute atomic E-state index is 12.7. The highest BCUT2D eigenvalue weighted by molar-refractivity contribution is 5.92. The van der Waals surface area contributed by atoms with Gasteiger partial charge >= 0.3 is 5.69 Å². The van der Waals surface area contributed by atoms with Crippen LogP contribution >= 0.6 is 0 Å². The van der Waals surface area contributed by atoms with E-state index in [-0.39, 0.29) is 23.6 Å². The van der Waals surface area contributed by atoms with Crippen LogP contribution in [0.3, 0.4) is 0 Å². The lowest BCUT2D eigenvalue weighted by atomic mass is 10.0. The number of anilines is 1. The molecule has 4 heterocycles. The summed E-state index contributed by atoms with van der Waals surface area (Å²) in [5.41, 5.74) is 2.85. The molecule has 34 heavy (non-hydrogen) atoms. The normalized spacial score (nSPS) is 15.4. The van der Waals surface area contributed by atoms with Crippen molar-refractivity contribution in [3.8, 4) is 0 Å². The maximum Gasteiger partial charge on any atom is 0.327 e. The number of benzene rings is 1. The van der Waals surface area contributed by atoms with Crippen LogP contribution in [0.5, 0.6) is 0 Å².